The van der Waals surface area contributed by atoms with Crippen molar-refractivity contribution in [3.05, 3.63) is 54.1 Å². The highest BCUT2D eigenvalue weighted by atomic mass is 32.2. The summed E-state index contributed by atoms with van der Waals surface area (Å²) in [6.45, 7) is 0.718. The van der Waals surface area contributed by atoms with Crippen molar-refractivity contribution in [3.8, 4) is 0 Å². The van der Waals surface area contributed by atoms with Crippen molar-refractivity contribution in [3.63, 3.8) is 0 Å². The molecule has 0 aromatic heterocycles. The molecular weight excluding hydrogens is 459 g/mol. The van der Waals surface area contributed by atoms with Crippen molar-refractivity contribution in [2.75, 3.05) is 35.6 Å². The van der Waals surface area contributed by atoms with Crippen LogP contribution in [0.4, 0.5) is 24.5 Å². The maximum Gasteiger partial charge on any atom is 0.418 e. The summed E-state index contributed by atoms with van der Waals surface area (Å²) in [5, 5.41) is 9.10. The van der Waals surface area contributed by atoms with Gasteiger partial charge in [0.1, 0.15) is 0 Å². The normalized spacial score (nSPS) is 12.8. The highest BCUT2D eigenvalue weighted by molar-refractivity contribution is 7.95. The van der Waals surface area contributed by atoms with E-state index in [4.69, 9.17) is 10.8 Å². The number of nitrogens with zero attached hydrogens (tertiary/aromatic N) is 2. The van der Waals surface area contributed by atoms with Gasteiger partial charge in [0, 0.05) is 18.8 Å². The maximum absolute atomic E-state index is 13.3. The van der Waals surface area contributed by atoms with E-state index in [1.807, 2.05) is 0 Å². The molecule has 0 unspecified atom stereocenters. The van der Waals surface area contributed by atoms with Crippen LogP contribution < -0.4 is 10.0 Å². The molecule has 0 spiro atoms. The molecule has 0 aliphatic carbocycles. The van der Waals surface area contributed by atoms with Crippen molar-refractivity contribution >= 4 is 31.4 Å². The van der Waals surface area contributed by atoms with Gasteiger partial charge in [-0.1, -0.05) is 25.1 Å². The summed E-state index contributed by atoms with van der Waals surface area (Å²) in [4.78, 5) is -0.765. The molecule has 2 aromatic rings. The van der Waals surface area contributed by atoms with E-state index in [9.17, 15) is 30.0 Å². The van der Waals surface area contributed by atoms with Gasteiger partial charge in [-0.05, 0) is 30.3 Å². The van der Waals surface area contributed by atoms with Crippen molar-refractivity contribution < 1.29 is 35.1 Å². The number of alkyl halides is 3. The Labute approximate surface area is 178 Å². The summed E-state index contributed by atoms with van der Waals surface area (Å²) in [5.41, 5.74) is 3.28. The van der Waals surface area contributed by atoms with Crippen molar-refractivity contribution in [2.24, 2.45) is 0 Å². The molecule has 0 saturated carbocycles. The molecule has 0 heterocycles. The highest BCUT2D eigenvalue weighted by Crippen LogP contribution is 2.36. The molecule has 0 aliphatic rings. The fourth-order valence-corrected chi connectivity index (χ4v) is 6.26. The van der Waals surface area contributed by atoms with Crippen LogP contribution in [0.3, 0.4) is 0 Å². The van der Waals surface area contributed by atoms with Crippen molar-refractivity contribution in [1.29, 1.82) is 0 Å². The first-order valence-corrected chi connectivity index (χ1v) is 12.0. The van der Waals surface area contributed by atoms with Crippen LogP contribution in [0.2, 0.25) is 0 Å². The molecule has 0 atom stereocenters. The Bertz CT molecular complexity index is 1110. The van der Waals surface area contributed by atoms with Crippen LogP contribution in [0.5, 0.6) is 0 Å². The predicted molar refractivity (Wildman–Crippen MR) is 110 cm³/mol. The highest BCUT2D eigenvalue weighted by Gasteiger charge is 2.37. The zero-order valence-electron chi connectivity index (χ0n) is 16.4. The lowest BCUT2D eigenvalue weighted by atomic mass is 10.2. The molecule has 8 nitrogen and oxygen atoms in total. The lowest BCUT2D eigenvalue weighted by molar-refractivity contribution is -0.137. The molecule has 0 fully saturated rings. The van der Waals surface area contributed by atoms with Gasteiger partial charge in [0.15, 0.2) is 5.88 Å². The number of sulfonamides is 2. The second kappa shape index (κ2) is 9.42. The third kappa shape index (κ3) is 5.67. The van der Waals surface area contributed by atoms with Crippen LogP contribution in [0.1, 0.15) is 12.5 Å². The van der Waals surface area contributed by atoms with Gasteiger partial charge in [-0.25, -0.2) is 21.1 Å². The molecule has 0 radical (unpaired) electrons. The number of rotatable bonds is 9. The molecule has 0 amide bonds. The third-order valence-corrected chi connectivity index (χ3v) is 8.08. The molecule has 0 saturated heterocycles. The molecule has 172 valence electrons. The quantitative estimate of drug-likeness (QED) is 0.529. The van der Waals surface area contributed by atoms with Gasteiger partial charge in [-0.3, -0.25) is 0 Å². The minimum atomic E-state index is -4.90. The smallest absolute Gasteiger partial charge is 0.398 e. The molecule has 3 N–H and O–H groups in total. The fraction of sp³-hybridized carbons (Fsp3) is 0.333. The first kappa shape index (κ1) is 24.9. The molecule has 31 heavy (non-hydrogen) atoms. The van der Waals surface area contributed by atoms with E-state index in [0.717, 1.165) is 16.4 Å². The molecule has 0 aliphatic heterocycles. The number of aliphatic hydroxyl groups is 1. The van der Waals surface area contributed by atoms with Gasteiger partial charge in [-0.15, -0.1) is 0 Å². The number of anilines is 2. The number of aliphatic hydroxyl groups excluding tert-OH is 1. The average molecular weight is 482 g/mol. The largest absolute Gasteiger partial charge is 0.418 e. The lowest BCUT2D eigenvalue weighted by Crippen LogP contribution is -2.43. The molecule has 2 aromatic carbocycles. The number of para-hydroxylation sites is 1. The zero-order chi connectivity index (χ0) is 23.4. The summed E-state index contributed by atoms with van der Waals surface area (Å²) in [6.07, 6.45) is -4.90. The topological polar surface area (TPSA) is 121 Å². The van der Waals surface area contributed by atoms with Crippen LogP contribution in [-0.4, -0.2) is 51.8 Å². The zero-order valence-corrected chi connectivity index (χ0v) is 18.1. The fourth-order valence-electron chi connectivity index (χ4n) is 2.78. The third-order valence-electron chi connectivity index (χ3n) is 4.34. The second-order valence-electron chi connectivity index (χ2n) is 6.39. The first-order valence-electron chi connectivity index (χ1n) is 8.97. The van der Waals surface area contributed by atoms with E-state index >= 15 is 0 Å². The Kier molecular flexibility index (Phi) is 7.57. The summed E-state index contributed by atoms with van der Waals surface area (Å²) in [6, 6.07) is 9.18. The number of nitrogens with two attached hydrogens (primary N) is 1. The van der Waals surface area contributed by atoms with Gasteiger partial charge < -0.3 is 10.8 Å². The maximum atomic E-state index is 13.3. The van der Waals surface area contributed by atoms with E-state index in [2.05, 4.69) is 0 Å². The molecular formula is C18H22F3N3O5S2. The van der Waals surface area contributed by atoms with Crippen molar-refractivity contribution in [2.45, 2.75) is 18.0 Å². The Hall–Kier alpha value is -2.35. The van der Waals surface area contributed by atoms with Gasteiger partial charge in [-0.2, -0.15) is 17.5 Å². The van der Waals surface area contributed by atoms with Crippen LogP contribution in [-0.2, 0) is 26.2 Å². The SMILES string of the molecule is CCN(CCO)S(=O)(=O)CN(c1ccccc1)S(=O)(=O)c1ccc(N)c(C(F)(F)F)c1. The number of halogens is 3. The van der Waals surface area contributed by atoms with E-state index in [-0.39, 0.29) is 18.8 Å². The number of likely N-dealkylation sites (N-methyl/N-ethyl adjacent to an activating group) is 1. The Morgan fingerprint density at radius 3 is 2.16 bits per heavy atom. The summed E-state index contributed by atoms with van der Waals surface area (Å²) in [5.74, 6) is -1.07. The average Bonchev–Trinajstić information content (AvgIpc) is 2.70. The summed E-state index contributed by atoms with van der Waals surface area (Å²) < 4.78 is 93.2. The van der Waals surface area contributed by atoms with Gasteiger partial charge >= 0.3 is 6.18 Å². The van der Waals surface area contributed by atoms with Crippen LogP contribution >= 0.6 is 0 Å². The van der Waals surface area contributed by atoms with Crippen molar-refractivity contribution in [1.82, 2.24) is 4.31 Å². The number of benzene rings is 2. The standard InChI is InChI=1S/C18H22F3N3O5S2/c1-2-23(10-11-25)30(26,27)13-24(14-6-4-3-5-7-14)31(28,29)15-8-9-17(22)16(12-15)18(19,20)21/h3-9,12,25H,2,10-11,13,22H2,1H3. The Morgan fingerprint density at radius 1 is 1.03 bits per heavy atom. The minimum Gasteiger partial charge on any atom is -0.398 e. The van der Waals surface area contributed by atoms with Gasteiger partial charge in [0.25, 0.3) is 10.0 Å². The monoisotopic (exact) mass is 481 g/mol. The number of hydrogen-bond donors (Lipinski definition) is 2. The minimum absolute atomic E-state index is 0.0360. The molecule has 13 heteroatoms. The Morgan fingerprint density at radius 2 is 1.65 bits per heavy atom. The van der Waals surface area contributed by atoms with E-state index in [1.165, 1.54) is 31.2 Å². The predicted octanol–water partition coefficient (Wildman–Crippen LogP) is 2.08. The van der Waals surface area contributed by atoms with E-state index in [1.54, 1.807) is 6.07 Å². The van der Waals surface area contributed by atoms with Crippen LogP contribution in [0.15, 0.2) is 53.4 Å². The van der Waals surface area contributed by atoms with E-state index < -0.39 is 54.9 Å². The Balaban J connectivity index is 2.63. The lowest BCUT2D eigenvalue weighted by Gasteiger charge is -2.28. The van der Waals surface area contributed by atoms with Gasteiger partial charge in [0.05, 0.1) is 22.8 Å². The first-order chi connectivity index (χ1) is 14.3. The van der Waals surface area contributed by atoms with Crippen LogP contribution in [0, 0.1) is 0 Å². The van der Waals surface area contributed by atoms with E-state index in [0.29, 0.717) is 10.4 Å². The molecule has 2 rings (SSSR count). The second-order valence-corrected chi connectivity index (χ2v) is 10.2. The number of nitrogen functional groups attached to an aromatic ring is 1. The molecule has 0 bridgehead atoms. The summed E-state index contributed by atoms with van der Waals surface area (Å²) >= 11 is 0. The van der Waals surface area contributed by atoms with Gasteiger partial charge in [0.2, 0.25) is 10.0 Å². The number of hydrogen-bond acceptors (Lipinski definition) is 6. The summed E-state index contributed by atoms with van der Waals surface area (Å²) in [7, 11) is -8.98. The van der Waals surface area contributed by atoms with Crippen LogP contribution in [0.25, 0.3) is 0 Å².